The first-order valence-electron chi connectivity index (χ1n) is 14.1. The summed E-state index contributed by atoms with van der Waals surface area (Å²) in [6.45, 7) is 2.05. The Hall–Kier alpha value is -5.38. The lowest BCUT2D eigenvalue weighted by atomic mass is 10.1. The molecule has 0 aliphatic carbocycles. The van der Waals surface area contributed by atoms with Gasteiger partial charge in [0, 0.05) is 42.5 Å². The molecule has 20 nitrogen and oxygen atoms in total. The highest BCUT2D eigenvalue weighted by Crippen LogP contribution is 2.30. The summed E-state index contributed by atoms with van der Waals surface area (Å²) >= 11 is 1.69. The van der Waals surface area contributed by atoms with Crippen molar-refractivity contribution in [1.29, 1.82) is 0 Å². The second-order valence-corrected chi connectivity index (χ2v) is 12.5. The normalized spacial score (nSPS) is 21.4. The number of aryl methyl sites for hydroxylation is 1. The third kappa shape index (κ3) is 7.27. The molecule has 3 aliphatic rings. The van der Waals surface area contributed by atoms with Crippen LogP contribution in [0.15, 0.2) is 41.7 Å². The molecule has 2 fully saturated rings. The van der Waals surface area contributed by atoms with Crippen molar-refractivity contribution in [3.63, 3.8) is 0 Å². The minimum atomic E-state index is -1.69. The minimum absolute atomic E-state index is 0.0272. The number of allylic oxidation sites excluding steroid dienone is 1. The number of thioether (sulfide) groups is 1. The number of nitrogen functional groups attached to an aromatic ring is 1. The van der Waals surface area contributed by atoms with Crippen LogP contribution in [0.2, 0.25) is 0 Å². The maximum atomic E-state index is 13.4. The number of aliphatic carboxylic acids is 2. The average Bonchev–Trinajstić information content (AvgIpc) is 3.84. The summed E-state index contributed by atoms with van der Waals surface area (Å²) in [7, 11) is 0. The fourth-order valence-electron chi connectivity index (χ4n) is 5.23. The fourth-order valence-corrected chi connectivity index (χ4v) is 6.83. The summed E-state index contributed by atoms with van der Waals surface area (Å²) in [6, 6.07) is -2.01. The van der Waals surface area contributed by atoms with Crippen LogP contribution in [0.25, 0.3) is 0 Å². The second kappa shape index (κ2) is 14.2. The molecule has 7 N–H and O–H groups in total. The zero-order chi connectivity index (χ0) is 34.7. The number of rotatable bonds is 10. The Balaban J connectivity index is 1.22. The number of aromatic nitrogens is 2. The van der Waals surface area contributed by atoms with E-state index >= 15 is 0 Å². The van der Waals surface area contributed by atoms with Crippen LogP contribution in [0.3, 0.4) is 0 Å². The number of nitrogens with two attached hydrogens (primary N) is 1. The molecule has 0 radical (unpaired) electrons. The molecule has 48 heavy (non-hydrogen) atoms. The molecule has 22 heteroatoms. The number of anilines is 1. The van der Waals surface area contributed by atoms with Gasteiger partial charge in [-0.1, -0.05) is 5.16 Å². The molecule has 0 spiro atoms. The number of carbonyl (C=O) groups is 5. The van der Waals surface area contributed by atoms with Gasteiger partial charge in [-0.05, 0) is 31.4 Å². The quantitative estimate of drug-likeness (QED) is 0.0769. The van der Waals surface area contributed by atoms with Crippen molar-refractivity contribution in [2.75, 3.05) is 31.1 Å². The van der Waals surface area contributed by atoms with Crippen molar-refractivity contribution in [1.82, 2.24) is 29.8 Å². The monoisotopic (exact) mass is 708 g/mol. The maximum absolute atomic E-state index is 13.4. The third-order valence-corrected chi connectivity index (χ3v) is 9.36. The number of amides is 3. The van der Waals surface area contributed by atoms with Gasteiger partial charge in [0.1, 0.15) is 11.1 Å². The second-order valence-electron chi connectivity index (χ2n) is 10.6. The number of carbonyl (C=O) groups excluding carboxylic acids is 3. The molecule has 2 saturated heterocycles. The summed E-state index contributed by atoms with van der Waals surface area (Å²) < 4.78 is 18.6. The van der Waals surface area contributed by atoms with Gasteiger partial charge < -0.3 is 55.2 Å². The predicted octanol–water partition coefficient (Wildman–Crippen LogP) is -0.706. The van der Waals surface area contributed by atoms with Gasteiger partial charge in [0.2, 0.25) is 17.4 Å². The van der Waals surface area contributed by atoms with Crippen LogP contribution in [0.4, 0.5) is 9.93 Å². The first-order valence-corrected chi connectivity index (χ1v) is 15.9. The Morgan fingerprint density at radius 2 is 2.02 bits per heavy atom. The number of hydrogen-bond donors (Lipinski definition) is 6. The Kier molecular flexibility index (Phi) is 10.0. The molecule has 5 rings (SSSR count). The summed E-state index contributed by atoms with van der Waals surface area (Å²) in [4.78, 5) is 81.0. The standard InChI is InChI=1S/C26H28N8O12S2/c1-10-14(46-26(42)45-10)8-44-25(41)33-4-3-13(7-33)34-5-2-11(21(34)36)6-12-9-47-20(29-15(12)22(37)38)17(23(39)40)28-19(35)16(31-43)18-30-24(27)48-32-18/h6,13,17,20,29,43H,2-5,7-9H2,1H3,(H,28,35)(H,37,38)(H,39,40)(H2,27,30,32)/b11-6?,31-16-/t13-,17+,20-/m1/s1. The Morgan fingerprint density at radius 1 is 1.25 bits per heavy atom. The molecule has 0 bridgehead atoms. The summed E-state index contributed by atoms with van der Waals surface area (Å²) in [5.41, 5.74) is 5.00. The molecule has 5 heterocycles. The number of nitrogens with one attached hydrogen (secondary N) is 2. The van der Waals surface area contributed by atoms with Crippen LogP contribution in [0.5, 0.6) is 0 Å². The largest absolute Gasteiger partial charge is 0.519 e. The van der Waals surface area contributed by atoms with Gasteiger partial charge >= 0.3 is 23.9 Å². The van der Waals surface area contributed by atoms with Crippen molar-refractivity contribution in [3.8, 4) is 0 Å². The summed E-state index contributed by atoms with van der Waals surface area (Å²) in [5.74, 6) is -5.38. The zero-order valence-corrected chi connectivity index (χ0v) is 26.5. The number of carboxylic acid groups (broad SMARTS) is 2. The van der Waals surface area contributed by atoms with E-state index in [1.807, 2.05) is 0 Å². The highest BCUT2D eigenvalue weighted by Gasteiger charge is 2.40. The first kappa shape index (κ1) is 34.0. The Labute approximate surface area is 277 Å². The van der Waals surface area contributed by atoms with E-state index in [1.54, 1.807) is 4.90 Å². The first-order chi connectivity index (χ1) is 22.9. The van der Waals surface area contributed by atoms with Crippen LogP contribution < -0.4 is 22.2 Å². The van der Waals surface area contributed by atoms with E-state index in [9.17, 15) is 44.2 Å². The van der Waals surface area contributed by atoms with Crippen molar-refractivity contribution >= 4 is 64.0 Å². The highest BCUT2D eigenvalue weighted by molar-refractivity contribution is 8.00. The number of likely N-dealkylation sites (tertiary alicyclic amines) is 2. The van der Waals surface area contributed by atoms with E-state index in [0.717, 1.165) is 23.3 Å². The van der Waals surface area contributed by atoms with E-state index in [-0.39, 0.29) is 64.6 Å². The molecule has 0 saturated carbocycles. The summed E-state index contributed by atoms with van der Waals surface area (Å²) in [6.07, 6.45) is 1.58. The smallest absolute Gasteiger partial charge is 0.480 e. The molecule has 3 atom stereocenters. The van der Waals surface area contributed by atoms with Gasteiger partial charge in [0.25, 0.3) is 5.91 Å². The van der Waals surface area contributed by atoms with Crippen molar-refractivity contribution < 1.29 is 53.0 Å². The molecule has 0 aromatic carbocycles. The van der Waals surface area contributed by atoms with Gasteiger partial charge in [-0.3, -0.25) is 9.59 Å². The molecule has 256 valence electrons. The lowest BCUT2D eigenvalue weighted by molar-refractivity contribution is -0.141. The lowest BCUT2D eigenvalue weighted by Crippen LogP contribution is -2.55. The summed E-state index contributed by atoms with van der Waals surface area (Å²) in [5, 5.41) is 35.5. The average molecular weight is 709 g/mol. The third-order valence-electron chi connectivity index (χ3n) is 7.59. The van der Waals surface area contributed by atoms with E-state index in [0.29, 0.717) is 31.5 Å². The molecule has 2 aromatic heterocycles. The number of ether oxygens (including phenoxy) is 1. The van der Waals surface area contributed by atoms with Crippen LogP contribution in [0, 0.1) is 6.92 Å². The van der Waals surface area contributed by atoms with Crippen LogP contribution in [0.1, 0.15) is 30.2 Å². The lowest BCUT2D eigenvalue weighted by Gasteiger charge is -2.31. The van der Waals surface area contributed by atoms with Gasteiger partial charge in [-0.25, -0.2) is 19.2 Å². The van der Waals surface area contributed by atoms with Gasteiger partial charge in [0.15, 0.2) is 29.3 Å². The fraction of sp³-hybridized carbons (Fsp3) is 0.423. The SMILES string of the molecule is Cc1oc(=O)oc1COC(=O)N1CC[C@@H](N2CCC(=CC3=C(C(=O)O)N[C@@H]([C@H](NC(=O)/C(=N\O)c4nsc(N)n4)C(=O)O)SC3)C2=O)C1. The van der Waals surface area contributed by atoms with Gasteiger partial charge in [0.05, 0.1) is 6.04 Å². The number of carboxylic acids is 2. The highest BCUT2D eigenvalue weighted by atomic mass is 32.2. The zero-order valence-electron chi connectivity index (χ0n) is 24.9. The van der Waals surface area contributed by atoms with Crippen molar-refractivity contribution in [2.24, 2.45) is 5.16 Å². The van der Waals surface area contributed by atoms with Crippen LogP contribution >= 0.6 is 23.3 Å². The minimum Gasteiger partial charge on any atom is -0.480 e. The number of nitrogens with zero attached hydrogens (tertiary/aromatic N) is 5. The van der Waals surface area contributed by atoms with Gasteiger partial charge in [-0.15, -0.1) is 11.8 Å². The topological polar surface area (TPSA) is 293 Å². The Bertz CT molecular complexity index is 1800. The van der Waals surface area contributed by atoms with Crippen LogP contribution in [-0.2, 0) is 30.5 Å². The maximum Gasteiger partial charge on any atom is 0.519 e. The van der Waals surface area contributed by atoms with Crippen molar-refractivity contribution in [3.05, 3.63) is 50.9 Å². The van der Waals surface area contributed by atoms with Gasteiger partial charge in [-0.2, -0.15) is 9.36 Å². The van der Waals surface area contributed by atoms with Crippen LogP contribution in [-0.4, -0.2) is 113 Å². The Morgan fingerprint density at radius 3 is 2.65 bits per heavy atom. The molecule has 0 unspecified atom stereocenters. The van der Waals surface area contributed by atoms with E-state index in [1.165, 1.54) is 17.9 Å². The number of oxime groups is 1. The molecular formula is C26H28N8O12S2. The number of hydrogen-bond acceptors (Lipinski definition) is 17. The molecule has 3 aliphatic heterocycles. The van der Waals surface area contributed by atoms with Crippen molar-refractivity contribution in [2.45, 2.75) is 43.8 Å². The van der Waals surface area contributed by atoms with E-state index in [2.05, 4.69) is 25.1 Å². The predicted molar refractivity (Wildman–Crippen MR) is 163 cm³/mol. The molecule has 3 amide bonds. The molecular weight excluding hydrogens is 680 g/mol. The van der Waals surface area contributed by atoms with E-state index in [4.69, 9.17) is 19.3 Å². The van der Waals surface area contributed by atoms with E-state index < -0.39 is 46.9 Å². The molecule has 2 aromatic rings.